The number of aryl methyl sites for hydroxylation is 1. The molecule has 0 spiro atoms. The molecule has 1 aliphatic carbocycles. The van der Waals surface area contributed by atoms with Gasteiger partial charge in [0.15, 0.2) is 6.10 Å². The molecule has 22 heavy (non-hydrogen) atoms. The summed E-state index contributed by atoms with van der Waals surface area (Å²) in [7, 11) is 0. The summed E-state index contributed by atoms with van der Waals surface area (Å²) in [6, 6.07) is 7.33. The third-order valence-corrected chi connectivity index (χ3v) is 4.38. The van der Waals surface area contributed by atoms with E-state index in [0.29, 0.717) is 11.5 Å². The van der Waals surface area contributed by atoms with Crippen LogP contribution in [0.2, 0.25) is 0 Å². The molecule has 2 rings (SSSR count). The van der Waals surface area contributed by atoms with Crippen LogP contribution in [0, 0.1) is 12.8 Å². The molecule has 0 unspecified atom stereocenters. The van der Waals surface area contributed by atoms with Gasteiger partial charge in [0.25, 0.3) is 5.91 Å². The molecule has 0 bridgehead atoms. The summed E-state index contributed by atoms with van der Waals surface area (Å²) in [4.78, 5) is 24.2. The Labute approximate surface area is 132 Å². The summed E-state index contributed by atoms with van der Waals surface area (Å²) in [6.07, 6.45) is 3.75. The van der Waals surface area contributed by atoms with Crippen LogP contribution in [0.3, 0.4) is 0 Å². The highest BCUT2D eigenvalue weighted by atomic mass is 16.5. The summed E-state index contributed by atoms with van der Waals surface area (Å²) in [5.41, 5.74) is 1.55. The van der Waals surface area contributed by atoms with Crippen molar-refractivity contribution in [3.63, 3.8) is 0 Å². The molecule has 1 aromatic carbocycles. The van der Waals surface area contributed by atoms with Crippen molar-refractivity contribution in [2.24, 2.45) is 5.92 Å². The van der Waals surface area contributed by atoms with E-state index in [0.717, 1.165) is 24.8 Å². The maximum absolute atomic E-state index is 12.2. The highest BCUT2D eigenvalue weighted by molar-refractivity contribution is 5.92. The van der Waals surface area contributed by atoms with Gasteiger partial charge in [0, 0.05) is 6.04 Å². The largest absolute Gasteiger partial charge is 0.449 e. The summed E-state index contributed by atoms with van der Waals surface area (Å²) >= 11 is 0. The standard InChI is InChI=1S/C18H25NO3/c1-12-8-10-15(11-9-12)18(21)22-14(3)17(20)19-16-7-5-4-6-13(16)2/h8-11,13-14,16H,4-7H2,1-3H3,(H,19,20)/t13-,14+,16-/m0/s1. The molecule has 1 amide bonds. The van der Waals surface area contributed by atoms with Crippen LogP contribution in [0.4, 0.5) is 0 Å². The van der Waals surface area contributed by atoms with Gasteiger partial charge in [-0.1, -0.05) is 37.5 Å². The Morgan fingerprint density at radius 3 is 2.45 bits per heavy atom. The van der Waals surface area contributed by atoms with E-state index in [9.17, 15) is 9.59 Å². The number of carbonyl (C=O) groups is 2. The zero-order valence-electron chi connectivity index (χ0n) is 13.6. The van der Waals surface area contributed by atoms with Gasteiger partial charge in [-0.15, -0.1) is 0 Å². The molecular weight excluding hydrogens is 278 g/mol. The molecule has 0 aliphatic heterocycles. The smallest absolute Gasteiger partial charge is 0.338 e. The number of esters is 1. The molecule has 0 saturated heterocycles. The number of hydrogen-bond acceptors (Lipinski definition) is 3. The second kappa shape index (κ2) is 7.43. The summed E-state index contributed by atoms with van der Waals surface area (Å²) < 4.78 is 5.26. The molecule has 0 radical (unpaired) electrons. The van der Waals surface area contributed by atoms with E-state index < -0.39 is 12.1 Å². The SMILES string of the molecule is Cc1ccc(C(=O)O[C@H](C)C(=O)N[C@H]2CCCC[C@@H]2C)cc1. The maximum atomic E-state index is 12.2. The highest BCUT2D eigenvalue weighted by Crippen LogP contribution is 2.23. The molecule has 120 valence electrons. The molecule has 0 heterocycles. The zero-order chi connectivity index (χ0) is 16.1. The molecule has 4 nitrogen and oxygen atoms in total. The van der Waals surface area contributed by atoms with Crippen LogP contribution in [-0.2, 0) is 9.53 Å². The van der Waals surface area contributed by atoms with Crippen LogP contribution in [0.15, 0.2) is 24.3 Å². The highest BCUT2D eigenvalue weighted by Gasteiger charge is 2.26. The minimum atomic E-state index is -0.775. The number of hydrogen-bond donors (Lipinski definition) is 1. The van der Waals surface area contributed by atoms with Gasteiger partial charge in [-0.05, 0) is 44.7 Å². The molecular formula is C18H25NO3. The normalized spacial score (nSPS) is 22.7. The number of amides is 1. The summed E-state index contributed by atoms with van der Waals surface area (Å²) in [5.74, 6) is -0.184. The van der Waals surface area contributed by atoms with Gasteiger partial charge in [0.2, 0.25) is 0 Å². The number of benzene rings is 1. The fourth-order valence-corrected chi connectivity index (χ4v) is 2.80. The van der Waals surface area contributed by atoms with Crippen molar-refractivity contribution in [1.82, 2.24) is 5.32 Å². The van der Waals surface area contributed by atoms with Crippen molar-refractivity contribution in [1.29, 1.82) is 0 Å². The summed E-state index contributed by atoms with van der Waals surface area (Å²) in [5, 5.41) is 3.02. The van der Waals surface area contributed by atoms with E-state index in [1.54, 1.807) is 19.1 Å². The van der Waals surface area contributed by atoms with E-state index in [-0.39, 0.29) is 11.9 Å². The molecule has 3 atom stereocenters. The minimum absolute atomic E-state index is 0.196. The van der Waals surface area contributed by atoms with Gasteiger partial charge in [-0.25, -0.2) is 4.79 Å². The molecule has 1 saturated carbocycles. The lowest BCUT2D eigenvalue weighted by Crippen LogP contribution is -2.45. The monoisotopic (exact) mass is 303 g/mol. The Morgan fingerprint density at radius 2 is 1.82 bits per heavy atom. The van der Waals surface area contributed by atoms with Gasteiger partial charge in [0.1, 0.15) is 0 Å². The van der Waals surface area contributed by atoms with Crippen molar-refractivity contribution < 1.29 is 14.3 Å². The summed E-state index contributed by atoms with van der Waals surface area (Å²) in [6.45, 7) is 5.73. The average Bonchev–Trinajstić information content (AvgIpc) is 2.50. The van der Waals surface area contributed by atoms with Crippen molar-refractivity contribution in [2.45, 2.75) is 58.6 Å². The third-order valence-electron chi connectivity index (χ3n) is 4.38. The van der Waals surface area contributed by atoms with Gasteiger partial charge < -0.3 is 10.1 Å². The number of rotatable bonds is 4. The lowest BCUT2D eigenvalue weighted by atomic mass is 9.86. The van der Waals surface area contributed by atoms with Gasteiger partial charge in [-0.3, -0.25) is 4.79 Å². The fraction of sp³-hybridized carbons (Fsp3) is 0.556. The van der Waals surface area contributed by atoms with Crippen molar-refractivity contribution in [3.8, 4) is 0 Å². The van der Waals surface area contributed by atoms with Crippen molar-refractivity contribution in [2.75, 3.05) is 0 Å². The van der Waals surface area contributed by atoms with Gasteiger partial charge in [-0.2, -0.15) is 0 Å². The first-order chi connectivity index (χ1) is 10.5. The quantitative estimate of drug-likeness (QED) is 0.869. The molecule has 1 N–H and O–H groups in total. The first-order valence-electron chi connectivity index (χ1n) is 8.05. The molecule has 4 heteroatoms. The van der Waals surface area contributed by atoms with Crippen LogP contribution in [-0.4, -0.2) is 24.0 Å². The van der Waals surface area contributed by atoms with Crippen molar-refractivity contribution >= 4 is 11.9 Å². The second-order valence-electron chi connectivity index (χ2n) is 6.29. The molecule has 0 aromatic heterocycles. The van der Waals surface area contributed by atoms with Crippen LogP contribution in [0.5, 0.6) is 0 Å². The Bertz CT molecular complexity index is 524. The van der Waals surface area contributed by atoms with Gasteiger partial charge >= 0.3 is 5.97 Å². The Kier molecular flexibility index (Phi) is 5.58. The van der Waals surface area contributed by atoms with E-state index >= 15 is 0 Å². The predicted octanol–water partition coefficient (Wildman–Crippen LogP) is 3.24. The van der Waals surface area contributed by atoms with E-state index in [4.69, 9.17) is 4.74 Å². The average molecular weight is 303 g/mol. The fourth-order valence-electron chi connectivity index (χ4n) is 2.80. The lowest BCUT2D eigenvalue weighted by molar-refractivity contribution is -0.130. The van der Waals surface area contributed by atoms with Crippen LogP contribution >= 0.6 is 0 Å². The Balaban J connectivity index is 1.87. The van der Waals surface area contributed by atoms with E-state index in [1.165, 1.54) is 6.42 Å². The predicted molar refractivity (Wildman–Crippen MR) is 85.6 cm³/mol. The number of ether oxygens (including phenoxy) is 1. The number of nitrogens with one attached hydrogen (secondary N) is 1. The minimum Gasteiger partial charge on any atom is -0.449 e. The van der Waals surface area contributed by atoms with E-state index in [2.05, 4.69) is 12.2 Å². The molecule has 1 aliphatic rings. The third kappa shape index (κ3) is 4.33. The van der Waals surface area contributed by atoms with E-state index in [1.807, 2.05) is 19.1 Å². The Hall–Kier alpha value is -1.84. The number of carbonyl (C=O) groups excluding carboxylic acids is 2. The lowest BCUT2D eigenvalue weighted by Gasteiger charge is -2.30. The maximum Gasteiger partial charge on any atom is 0.338 e. The second-order valence-corrected chi connectivity index (χ2v) is 6.29. The topological polar surface area (TPSA) is 55.4 Å². The first-order valence-corrected chi connectivity index (χ1v) is 8.05. The molecule has 1 fully saturated rings. The molecule has 1 aromatic rings. The van der Waals surface area contributed by atoms with Crippen molar-refractivity contribution in [3.05, 3.63) is 35.4 Å². The van der Waals surface area contributed by atoms with Crippen LogP contribution in [0.25, 0.3) is 0 Å². The first kappa shape index (κ1) is 16.5. The van der Waals surface area contributed by atoms with Crippen LogP contribution < -0.4 is 5.32 Å². The van der Waals surface area contributed by atoms with Crippen LogP contribution in [0.1, 0.15) is 55.5 Å². The van der Waals surface area contributed by atoms with Gasteiger partial charge in [0.05, 0.1) is 5.56 Å². The Morgan fingerprint density at radius 1 is 1.18 bits per heavy atom. The zero-order valence-corrected chi connectivity index (χ0v) is 13.6.